The molecule has 1 N–H and O–H groups in total. The zero-order valence-electron chi connectivity index (χ0n) is 11.1. The van der Waals surface area contributed by atoms with Gasteiger partial charge >= 0.3 is 0 Å². The highest BCUT2D eigenvalue weighted by atomic mass is 32.2. The number of hydrogen-bond donors (Lipinski definition) is 1. The molecule has 3 nitrogen and oxygen atoms in total. The van der Waals surface area contributed by atoms with Crippen LogP contribution in [0.15, 0.2) is 29.7 Å². The van der Waals surface area contributed by atoms with Crippen molar-refractivity contribution in [3.05, 3.63) is 30.1 Å². The van der Waals surface area contributed by atoms with Gasteiger partial charge in [0.15, 0.2) is 5.16 Å². The van der Waals surface area contributed by atoms with Gasteiger partial charge in [0.2, 0.25) is 0 Å². The van der Waals surface area contributed by atoms with Crippen molar-refractivity contribution < 1.29 is 0 Å². The van der Waals surface area contributed by atoms with Gasteiger partial charge < -0.3 is 5.32 Å². The average molecular weight is 251 g/mol. The lowest BCUT2D eigenvalue weighted by Crippen LogP contribution is -2.37. The summed E-state index contributed by atoms with van der Waals surface area (Å²) in [5.41, 5.74) is 2.38. The second-order valence-electron chi connectivity index (χ2n) is 5.19. The first kappa shape index (κ1) is 14.2. The summed E-state index contributed by atoms with van der Waals surface area (Å²) >= 11 is 1.63. The summed E-state index contributed by atoms with van der Waals surface area (Å²) in [5.74, 6) is 0.853. The molecule has 1 heterocycles. The fourth-order valence-corrected chi connectivity index (χ4v) is 1.75. The van der Waals surface area contributed by atoms with Gasteiger partial charge in [0.1, 0.15) is 0 Å². The monoisotopic (exact) mass is 251 g/mol. The Labute approximate surface area is 108 Å². The maximum Gasteiger partial charge on any atom is 0.187 e. The molecule has 0 aliphatic heterocycles. The van der Waals surface area contributed by atoms with Crippen molar-refractivity contribution in [2.45, 2.75) is 38.4 Å². The first-order chi connectivity index (χ1) is 7.87. The largest absolute Gasteiger partial charge is 0.308 e. The van der Waals surface area contributed by atoms with Crippen molar-refractivity contribution in [2.24, 2.45) is 0 Å². The van der Waals surface area contributed by atoms with E-state index in [1.165, 1.54) is 0 Å². The Morgan fingerprint density at radius 3 is 2.47 bits per heavy atom. The minimum atomic E-state index is 0.133. The topological polar surface area (TPSA) is 37.8 Å². The van der Waals surface area contributed by atoms with E-state index in [0.717, 1.165) is 28.6 Å². The standard InChI is InChI=1S/C13H21N3S/c1-10-6-14-12(15-7-10)17-9-11(2)8-16-13(3,4)5/h6-7,16H,2,8-9H2,1,3-5H3. The van der Waals surface area contributed by atoms with Gasteiger partial charge in [0.25, 0.3) is 0 Å². The number of aromatic nitrogens is 2. The Morgan fingerprint density at radius 1 is 1.35 bits per heavy atom. The summed E-state index contributed by atoms with van der Waals surface area (Å²) in [4.78, 5) is 8.50. The Morgan fingerprint density at radius 2 is 1.94 bits per heavy atom. The van der Waals surface area contributed by atoms with E-state index in [2.05, 4.69) is 42.6 Å². The second kappa shape index (κ2) is 6.17. The van der Waals surface area contributed by atoms with Gasteiger partial charge in [0.05, 0.1) is 0 Å². The van der Waals surface area contributed by atoms with E-state index in [0.29, 0.717) is 0 Å². The number of nitrogens with zero attached hydrogens (tertiary/aromatic N) is 2. The maximum atomic E-state index is 4.25. The van der Waals surface area contributed by atoms with Crippen LogP contribution >= 0.6 is 11.8 Å². The van der Waals surface area contributed by atoms with Crippen LogP contribution in [0, 0.1) is 6.92 Å². The molecule has 0 unspecified atom stereocenters. The van der Waals surface area contributed by atoms with Gasteiger partial charge in [-0.25, -0.2) is 9.97 Å². The third-order valence-corrected chi connectivity index (χ3v) is 3.05. The average Bonchev–Trinajstić information content (AvgIpc) is 2.25. The molecular weight excluding hydrogens is 230 g/mol. The minimum absolute atomic E-state index is 0.133. The van der Waals surface area contributed by atoms with E-state index in [9.17, 15) is 0 Å². The third kappa shape index (κ3) is 6.44. The van der Waals surface area contributed by atoms with Crippen molar-refractivity contribution in [1.29, 1.82) is 0 Å². The molecule has 0 saturated heterocycles. The molecule has 17 heavy (non-hydrogen) atoms. The van der Waals surface area contributed by atoms with E-state index in [-0.39, 0.29) is 5.54 Å². The Hall–Kier alpha value is -0.870. The molecule has 1 aromatic rings. The van der Waals surface area contributed by atoms with Crippen LogP contribution in [-0.2, 0) is 0 Å². The summed E-state index contributed by atoms with van der Waals surface area (Å²) < 4.78 is 0. The molecule has 1 rings (SSSR count). The predicted molar refractivity (Wildman–Crippen MR) is 74.4 cm³/mol. The van der Waals surface area contributed by atoms with Crippen LogP contribution in [0.25, 0.3) is 0 Å². The zero-order chi connectivity index (χ0) is 12.9. The highest BCUT2D eigenvalue weighted by molar-refractivity contribution is 7.99. The molecule has 0 saturated carbocycles. The zero-order valence-corrected chi connectivity index (χ0v) is 11.9. The van der Waals surface area contributed by atoms with E-state index >= 15 is 0 Å². The van der Waals surface area contributed by atoms with Gasteiger partial charge in [-0.3, -0.25) is 0 Å². The second-order valence-corrected chi connectivity index (χ2v) is 6.13. The number of thioether (sulfide) groups is 1. The molecule has 4 heteroatoms. The normalized spacial score (nSPS) is 11.5. The van der Waals surface area contributed by atoms with Crippen LogP contribution in [0.1, 0.15) is 26.3 Å². The predicted octanol–water partition coefficient (Wildman–Crippen LogP) is 2.82. The van der Waals surface area contributed by atoms with Gasteiger partial charge in [-0.15, -0.1) is 0 Å². The van der Waals surface area contributed by atoms with Crippen LogP contribution in [0.3, 0.4) is 0 Å². The lowest BCUT2D eigenvalue weighted by atomic mass is 10.1. The number of nitrogens with one attached hydrogen (secondary N) is 1. The van der Waals surface area contributed by atoms with E-state index in [1.54, 1.807) is 11.8 Å². The van der Waals surface area contributed by atoms with Gasteiger partial charge in [-0.2, -0.15) is 0 Å². The summed E-state index contributed by atoms with van der Waals surface area (Å²) in [5, 5.41) is 4.23. The molecule has 0 aliphatic carbocycles. The highest BCUT2D eigenvalue weighted by Crippen LogP contribution is 2.15. The molecule has 0 radical (unpaired) electrons. The molecule has 0 amide bonds. The minimum Gasteiger partial charge on any atom is -0.308 e. The molecular formula is C13H21N3S. The maximum absolute atomic E-state index is 4.25. The fourth-order valence-electron chi connectivity index (χ4n) is 1.06. The Balaban J connectivity index is 2.31. The van der Waals surface area contributed by atoms with Crippen molar-refractivity contribution in [3.63, 3.8) is 0 Å². The smallest absolute Gasteiger partial charge is 0.187 e. The summed E-state index contributed by atoms with van der Waals surface area (Å²) in [6, 6.07) is 0. The van der Waals surface area contributed by atoms with E-state index in [1.807, 2.05) is 19.3 Å². The first-order valence-corrected chi connectivity index (χ1v) is 6.68. The molecule has 0 fully saturated rings. The van der Waals surface area contributed by atoms with Crippen LogP contribution in [0.2, 0.25) is 0 Å². The summed E-state index contributed by atoms with van der Waals surface area (Å²) in [7, 11) is 0. The molecule has 0 spiro atoms. The molecule has 1 aromatic heterocycles. The fraction of sp³-hybridized carbons (Fsp3) is 0.538. The molecule has 0 aliphatic rings. The van der Waals surface area contributed by atoms with Gasteiger partial charge in [-0.1, -0.05) is 23.9 Å². The van der Waals surface area contributed by atoms with Crippen LogP contribution in [-0.4, -0.2) is 27.8 Å². The lowest BCUT2D eigenvalue weighted by molar-refractivity contribution is 0.445. The lowest BCUT2D eigenvalue weighted by Gasteiger charge is -2.21. The molecule has 94 valence electrons. The van der Waals surface area contributed by atoms with Gasteiger partial charge in [0, 0.05) is 30.2 Å². The van der Waals surface area contributed by atoms with Crippen LogP contribution in [0.5, 0.6) is 0 Å². The molecule has 0 aromatic carbocycles. The van der Waals surface area contributed by atoms with Crippen molar-refractivity contribution in [3.8, 4) is 0 Å². The van der Waals surface area contributed by atoms with Gasteiger partial charge in [-0.05, 0) is 33.3 Å². The third-order valence-electron chi connectivity index (χ3n) is 2.03. The Kier molecular flexibility index (Phi) is 5.15. The molecule has 0 bridgehead atoms. The molecule has 0 atom stereocenters. The number of rotatable bonds is 5. The van der Waals surface area contributed by atoms with Crippen molar-refractivity contribution in [2.75, 3.05) is 12.3 Å². The number of aryl methyl sites for hydroxylation is 1. The highest BCUT2D eigenvalue weighted by Gasteiger charge is 2.09. The summed E-state index contributed by atoms with van der Waals surface area (Å²) in [6.45, 7) is 13.3. The SMILES string of the molecule is C=C(CNC(C)(C)C)CSc1ncc(C)cn1. The first-order valence-electron chi connectivity index (χ1n) is 5.70. The van der Waals surface area contributed by atoms with E-state index < -0.39 is 0 Å². The van der Waals surface area contributed by atoms with Crippen LogP contribution < -0.4 is 5.32 Å². The number of hydrogen-bond acceptors (Lipinski definition) is 4. The van der Waals surface area contributed by atoms with E-state index in [4.69, 9.17) is 0 Å². The quantitative estimate of drug-likeness (QED) is 0.496. The van der Waals surface area contributed by atoms with Crippen molar-refractivity contribution >= 4 is 11.8 Å². The van der Waals surface area contributed by atoms with Crippen molar-refractivity contribution in [1.82, 2.24) is 15.3 Å². The Bertz CT molecular complexity index is 365. The van der Waals surface area contributed by atoms with Crippen LogP contribution in [0.4, 0.5) is 0 Å². The summed E-state index contributed by atoms with van der Waals surface area (Å²) in [6.07, 6.45) is 3.68.